The molecule has 0 unspecified atom stereocenters. The lowest BCUT2D eigenvalue weighted by Crippen LogP contribution is -2.50. The Kier molecular flexibility index (Phi) is 5.84. The number of hydrogen-bond acceptors (Lipinski definition) is 3. The summed E-state index contributed by atoms with van der Waals surface area (Å²) in [6.07, 6.45) is 1.19. The van der Waals surface area contributed by atoms with E-state index >= 15 is 0 Å². The average Bonchev–Trinajstić information content (AvgIpc) is 3.14. The van der Waals surface area contributed by atoms with Crippen molar-refractivity contribution >= 4 is 17.5 Å². The Morgan fingerprint density at radius 2 is 1.66 bits per heavy atom. The summed E-state index contributed by atoms with van der Waals surface area (Å²) in [5, 5.41) is 0. The van der Waals surface area contributed by atoms with E-state index in [0.29, 0.717) is 19.5 Å². The van der Waals surface area contributed by atoms with E-state index in [1.165, 1.54) is 16.8 Å². The van der Waals surface area contributed by atoms with E-state index in [9.17, 15) is 9.59 Å². The Hall–Kier alpha value is -2.82. The molecular weight excluding hydrogens is 362 g/mol. The number of hydrogen-bond donors (Lipinski definition) is 0. The Morgan fingerprint density at radius 3 is 2.34 bits per heavy atom. The van der Waals surface area contributed by atoms with Gasteiger partial charge in [0.2, 0.25) is 11.8 Å². The molecule has 0 N–H and O–H groups in total. The summed E-state index contributed by atoms with van der Waals surface area (Å²) < 4.78 is 0. The molecule has 2 amide bonds. The van der Waals surface area contributed by atoms with Gasteiger partial charge in [-0.2, -0.15) is 0 Å². The van der Waals surface area contributed by atoms with Crippen LogP contribution >= 0.6 is 0 Å². The summed E-state index contributed by atoms with van der Waals surface area (Å²) in [6.45, 7) is 6.46. The SMILES string of the molecule is Cc1ccc(N2CCN(C(=O)[C@@H]3CC(=O)N(CCc4ccccc4)C3)CC2)cc1. The van der Waals surface area contributed by atoms with Crippen LogP contribution in [0.1, 0.15) is 17.5 Å². The molecule has 0 radical (unpaired) electrons. The molecule has 4 rings (SSSR count). The first kappa shape index (κ1) is 19.5. The highest BCUT2D eigenvalue weighted by atomic mass is 16.2. The van der Waals surface area contributed by atoms with Crippen molar-refractivity contribution in [3.05, 3.63) is 65.7 Å². The van der Waals surface area contributed by atoms with Gasteiger partial charge in [-0.1, -0.05) is 48.0 Å². The third-order valence-electron chi connectivity index (χ3n) is 6.07. The Bertz CT molecular complexity index is 842. The Morgan fingerprint density at radius 1 is 0.966 bits per heavy atom. The molecule has 2 aromatic rings. The largest absolute Gasteiger partial charge is 0.368 e. The summed E-state index contributed by atoms with van der Waals surface area (Å²) in [4.78, 5) is 31.5. The molecule has 5 nitrogen and oxygen atoms in total. The van der Waals surface area contributed by atoms with Gasteiger partial charge in [0.05, 0.1) is 5.92 Å². The van der Waals surface area contributed by atoms with E-state index in [1.807, 2.05) is 28.0 Å². The van der Waals surface area contributed by atoms with Gasteiger partial charge in [0, 0.05) is 51.4 Å². The molecule has 2 fully saturated rings. The monoisotopic (exact) mass is 391 g/mol. The number of piperazine rings is 1. The van der Waals surface area contributed by atoms with E-state index in [0.717, 1.165) is 32.6 Å². The average molecular weight is 392 g/mol. The number of nitrogens with zero attached hydrogens (tertiary/aromatic N) is 3. The molecule has 0 bridgehead atoms. The van der Waals surface area contributed by atoms with Gasteiger partial charge >= 0.3 is 0 Å². The zero-order chi connectivity index (χ0) is 20.2. The minimum atomic E-state index is -0.191. The molecular formula is C24H29N3O2. The van der Waals surface area contributed by atoms with E-state index in [-0.39, 0.29) is 17.7 Å². The van der Waals surface area contributed by atoms with Crippen LogP contribution in [0.5, 0.6) is 0 Å². The van der Waals surface area contributed by atoms with Gasteiger partial charge in [-0.15, -0.1) is 0 Å². The first-order chi connectivity index (χ1) is 14.1. The molecule has 0 aliphatic carbocycles. The van der Waals surface area contributed by atoms with E-state index < -0.39 is 0 Å². The van der Waals surface area contributed by atoms with Crippen LogP contribution < -0.4 is 4.90 Å². The molecule has 152 valence electrons. The van der Waals surface area contributed by atoms with E-state index in [1.54, 1.807) is 0 Å². The van der Waals surface area contributed by atoms with Gasteiger partial charge in [-0.3, -0.25) is 9.59 Å². The third kappa shape index (κ3) is 4.61. The van der Waals surface area contributed by atoms with Crippen molar-refractivity contribution < 1.29 is 9.59 Å². The molecule has 1 atom stereocenters. The van der Waals surface area contributed by atoms with Crippen molar-refractivity contribution in [2.45, 2.75) is 19.8 Å². The lowest BCUT2D eigenvalue weighted by Gasteiger charge is -2.37. The van der Waals surface area contributed by atoms with Crippen LogP contribution in [0, 0.1) is 12.8 Å². The predicted molar refractivity (Wildman–Crippen MR) is 115 cm³/mol. The minimum Gasteiger partial charge on any atom is -0.368 e. The normalized spacial score (nSPS) is 19.7. The number of amides is 2. The zero-order valence-electron chi connectivity index (χ0n) is 17.1. The third-order valence-corrected chi connectivity index (χ3v) is 6.07. The van der Waals surface area contributed by atoms with Gasteiger partial charge in [-0.05, 0) is 31.0 Å². The molecule has 29 heavy (non-hydrogen) atoms. The van der Waals surface area contributed by atoms with Crippen molar-refractivity contribution in [1.82, 2.24) is 9.80 Å². The minimum absolute atomic E-state index is 0.109. The van der Waals surface area contributed by atoms with Gasteiger partial charge < -0.3 is 14.7 Å². The molecule has 2 saturated heterocycles. The van der Waals surface area contributed by atoms with Crippen LogP contribution in [-0.4, -0.2) is 60.9 Å². The van der Waals surface area contributed by atoms with Crippen LogP contribution in [-0.2, 0) is 16.0 Å². The second kappa shape index (κ2) is 8.68. The van der Waals surface area contributed by atoms with Crippen molar-refractivity contribution in [3.63, 3.8) is 0 Å². The number of carbonyl (C=O) groups is 2. The van der Waals surface area contributed by atoms with Crippen LogP contribution in [0.25, 0.3) is 0 Å². The number of rotatable bonds is 5. The fourth-order valence-electron chi connectivity index (χ4n) is 4.26. The molecule has 2 aromatic carbocycles. The van der Waals surface area contributed by atoms with Crippen molar-refractivity contribution in [2.75, 3.05) is 44.2 Å². The predicted octanol–water partition coefficient (Wildman–Crippen LogP) is 2.73. The molecule has 2 heterocycles. The number of benzene rings is 2. The fraction of sp³-hybridized carbons (Fsp3) is 0.417. The smallest absolute Gasteiger partial charge is 0.228 e. The quantitative estimate of drug-likeness (QED) is 0.787. The van der Waals surface area contributed by atoms with E-state index in [4.69, 9.17) is 0 Å². The first-order valence-electron chi connectivity index (χ1n) is 10.5. The summed E-state index contributed by atoms with van der Waals surface area (Å²) >= 11 is 0. The first-order valence-corrected chi connectivity index (χ1v) is 10.5. The second-order valence-corrected chi connectivity index (χ2v) is 8.12. The topological polar surface area (TPSA) is 43.9 Å². The summed E-state index contributed by atoms with van der Waals surface area (Å²) in [5.74, 6) is 0.0610. The van der Waals surface area contributed by atoms with Crippen molar-refractivity contribution in [1.29, 1.82) is 0 Å². The molecule has 0 saturated carbocycles. The van der Waals surface area contributed by atoms with Crippen LogP contribution in [0.3, 0.4) is 0 Å². The van der Waals surface area contributed by atoms with E-state index in [2.05, 4.69) is 48.2 Å². The summed E-state index contributed by atoms with van der Waals surface area (Å²) in [6, 6.07) is 18.7. The zero-order valence-corrected chi connectivity index (χ0v) is 17.1. The fourth-order valence-corrected chi connectivity index (χ4v) is 4.26. The number of aryl methyl sites for hydroxylation is 1. The highest BCUT2D eigenvalue weighted by molar-refractivity contribution is 5.89. The number of anilines is 1. The number of carbonyl (C=O) groups excluding carboxylic acids is 2. The van der Waals surface area contributed by atoms with Crippen molar-refractivity contribution in [2.24, 2.45) is 5.92 Å². The second-order valence-electron chi connectivity index (χ2n) is 8.12. The van der Waals surface area contributed by atoms with Crippen molar-refractivity contribution in [3.8, 4) is 0 Å². The lowest BCUT2D eigenvalue weighted by molar-refractivity contribution is -0.136. The summed E-state index contributed by atoms with van der Waals surface area (Å²) in [5.41, 5.74) is 3.69. The summed E-state index contributed by atoms with van der Waals surface area (Å²) in [7, 11) is 0. The van der Waals surface area contributed by atoms with Crippen LogP contribution in [0.15, 0.2) is 54.6 Å². The van der Waals surface area contributed by atoms with Gasteiger partial charge in [0.25, 0.3) is 0 Å². The lowest BCUT2D eigenvalue weighted by atomic mass is 10.1. The molecule has 0 spiro atoms. The van der Waals surface area contributed by atoms with Gasteiger partial charge in [0.1, 0.15) is 0 Å². The van der Waals surface area contributed by atoms with Crippen LogP contribution in [0.2, 0.25) is 0 Å². The maximum absolute atomic E-state index is 13.0. The molecule has 0 aromatic heterocycles. The maximum Gasteiger partial charge on any atom is 0.228 e. The Balaban J connectivity index is 1.28. The molecule has 2 aliphatic heterocycles. The van der Waals surface area contributed by atoms with Gasteiger partial charge in [0.15, 0.2) is 0 Å². The molecule has 5 heteroatoms. The Labute approximate surface area is 172 Å². The van der Waals surface area contributed by atoms with Crippen LogP contribution in [0.4, 0.5) is 5.69 Å². The molecule has 2 aliphatic rings. The van der Waals surface area contributed by atoms with Gasteiger partial charge in [-0.25, -0.2) is 0 Å². The standard InChI is InChI=1S/C24H29N3O2/c1-19-7-9-22(10-8-19)25-13-15-26(16-14-25)24(29)21-17-23(28)27(18-21)12-11-20-5-3-2-4-6-20/h2-10,21H,11-18H2,1H3/t21-/m1/s1. The highest BCUT2D eigenvalue weighted by Crippen LogP contribution is 2.23. The maximum atomic E-state index is 13.0. The highest BCUT2D eigenvalue weighted by Gasteiger charge is 2.37. The number of likely N-dealkylation sites (tertiary alicyclic amines) is 1.